The van der Waals surface area contributed by atoms with Crippen LogP contribution in [0.1, 0.15) is 17.3 Å². The zero-order valence-electron chi connectivity index (χ0n) is 13.3. The lowest BCUT2D eigenvalue weighted by molar-refractivity contribution is 0.102. The minimum atomic E-state index is -0.172. The van der Waals surface area contributed by atoms with E-state index in [1.807, 2.05) is 29.6 Å². The van der Waals surface area contributed by atoms with Crippen molar-refractivity contribution in [2.75, 3.05) is 11.1 Å². The van der Waals surface area contributed by atoms with Crippen LogP contribution < -0.4 is 5.32 Å². The topological polar surface area (TPSA) is 42.0 Å². The SMILES string of the molecule is CCSc1ccccc1C(=O)Nc1nc(-c2cc(Cl)ccc2Cl)cs1. The standard InChI is InChI=1S/C18H14Cl2N2OS2/c1-2-24-16-6-4-3-5-12(16)17(23)22-18-21-15(10-25-18)13-9-11(19)7-8-14(13)20/h3-10H,2H2,1H3,(H,21,22,23). The van der Waals surface area contributed by atoms with E-state index in [1.165, 1.54) is 11.3 Å². The van der Waals surface area contributed by atoms with Gasteiger partial charge in [0.2, 0.25) is 0 Å². The van der Waals surface area contributed by atoms with Crippen LogP contribution in [0.25, 0.3) is 11.3 Å². The molecule has 0 bridgehead atoms. The van der Waals surface area contributed by atoms with Crippen molar-refractivity contribution in [3.8, 4) is 11.3 Å². The Morgan fingerprint density at radius 2 is 2.04 bits per heavy atom. The molecule has 3 aromatic rings. The van der Waals surface area contributed by atoms with Gasteiger partial charge in [0.1, 0.15) is 0 Å². The summed E-state index contributed by atoms with van der Waals surface area (Å²) in [5.74, 6) is 0.730. The highest BCUT2D eigenvalue weighted by atomic mass is 35.5. The highest BCUT2D eigenvalue weighted by Gasteiger charge is 2.14. The number of anilines is 1. The number of thioether (sulfide) groups is 1. The molecule has 3 nitrogen and oxygen atoms in total. The summed E-state index contributed by atoms with van der Waals surface area (Å²) in [6, 6.07) is 12.8. The third-order valence-electron chi connectivity index (χ3n) is 3.36. The van der Waals surface area contributed by atoms with Gasteiger partial charge in [0, 0.05) is 20.9 Å². The van der Waals surface area contributed by atoms with Gasteiger partial charge < -0.3 is 0 Å². The number of thiazole rings is 1. The first-order chi connectivity index (χ1) is 12.1. The van der Waals surface area contributed by atoms with E-state index < -0.39 is 0 Å². The number of hydrogen-bond donors (Lipinski definition) is 1. The van der Waals surface area contributed by atoms with Gasteiger partial charge in [0.25, 0.3) is 5.91 Å². The normalized spacial score (nSPS) is 10.7. The van der Waals surface area contributed by atoms with Crippen molar-refractivity contribution >= 4 is 57.3 Å². The molecule has 0 fully saturated rings. The van der Waals surface area contributed by atoms with Gasteiger partial charge in [0.15, 0.2) is 5.13 Å². The fourth-order valence-corrected chi connectivity index (χ4v) is 4.14. The summed E-state index contributed by atoms with van der Waals surface area (Å²) in [5.41, 5.74) is 2.07. The van der Waals surface area contributed by atoms with Crippen LogP contribution in [0.3, 0.4) is 0 Å². The van der Waals surface area contributed by atoms with Crippen LogP contribution in [0.15, 0.2) is 52.7 Å². The van der Waals surface area contributed by atoms with E-state index >= 15 is 0 Å². The number of halogens is 2. The van der Waals surface area contributed by atoms with Gasteiger partial charge >= 0.3 is 0 Å². The first-order valence-electron chi connectivity index (χ1n) is 7.52. The van der Waals surface area contributed by atoms with Crippen molar-refractivity contribution in [1.29, 1.82) is 0 Å². The van der Waals surface area contributed by atoms with Crippen molar-refractivity contribution in [2.45, 2.75) is 11.8 Å². The highest BCUT2D eigenvalue weighted by molar-refractivity contribution is 7.99. The number of aromatic nitrogens is 1. The van der Waals surface area contributed by atoms with Crippen LogP contribution in [0.5, 0.6) is 0 Å². The van der Waals surface area contributed by atoms with Gasteiger partial charge in [-0.1, -0.05) is 42.3 Å². The van der Waals surface area contributed by atoms with Crippen molar-refractivity contribution < 1.29 is 4.79 Å². The lowest BCUT2D eigenvalue weighted by Gasteiger charge is -2.07. The van der Waals surface area contributed by atoms with Gasteiger partial charge in [-0.15, -0.1) is 23.1 Å². The molecule has 0 radical (unpaired) electrons. The van der Waals surface area contributed by atoms with Gasteiger partial charge in [-0.25, -0.2) is 4.98 Å². The van der Waals surface area contributed by atoms with Gasteiger partial charge in [-0.3, -0.25) is 10.1 Å². The number of rotatable bonds is 5. The predicted molar refractivity (Wildman–Crippen MR) is 108 cm³/mol. The second kappa shape index (κ2) is 8.23. The van der Waals surface area contributed by atoms with Crippen LogP contribution >= 0.6 is 46.3 Å². The third kappa shape index (κ3) is 4.36. The van der Waals surface area contributed by atoms with Crippen molar-refractivity contribution in [3.05, 3.63) is 63.5 Å². The summed E-state index contributed by atoms with van der Waals surface area (Å²) < 4.78 is 0. The average Bonchev–Trinajstić information content (AvgIpc) is 3.06. The van der Waals surface area contributed by atoms with Crippen LogP contribution in [-0.4, -0.2) is 16.6 Å². The molecule has 0 saturated heterocycles. The summed E-state index contributed by atoms with van der Waals surface area (Å²) in [6.07, 6.45) is 0. The van der Waals surface area contributed by atoms with Gasteiger partial charge in [-0.2, -0.15) is 0 Å². The maximum atomic E-state index is 12.6. The van der Waals surface area contributed by atoms with Crippen molar-refractivity contribution in [1.82, 2.24) is 4.98 Å². The average molecular weight is 409 g/mol. The van der Waals surface area contributed by atoms with E-state index in [0.29, 0.717) is 26.4 Å². The maximum absolute atomic E-state index is 12.6. The Bertz CT molecular complexity index is 912. The molecular weight excluding hydrogens is 395 g/mol. The molecule has 128 valence electrons. The minimum Gasteiger partial charge on any atom is -0.298 e. The van der Waals surface area contributed by atoms with Crippen LogP contribution in [-0.2, 0) is 0 Å². The predicted octanol–water partition coefficient (Wildman–Crippen LogP) is 6.48. The van der Waals surface area contributed by atoms with E-state index in [4.69, 9.17) is 23.2 Å². The first kappa shape index (κ1) is 18.3. The summed E-state index contributed by atoms with van der Waals surface area (Å²) in [5, 5.41) is 6.38. The Labute approximate surface area is 164 Å². The van der Waals surface area contributed by atoms with Gasteiger partial charge in [-0.05, 0) is 36.1 Å². The molecule has 2 aromatic carbocycles. The molecule has 0 spiro atoms. The minimum absolute atomic E-state index is 0.172. The molecule has 0 aliphatic carbocycles. The van der Waals surface area contributed by atoms with Crippen LogP contribution in [0.2, 0.25) is 10.0 Å². The highest BCUT2D eigenvalue weighted by Crippen LogP contribution is 2.33. The largest absolute Gasteiger partial charge is 0.298 e. The molecule has 0 unspecified atom stereocenters. The number of nitrogens with zero attached hydrogens (tertiary/aromatic N) is 1. The van der Waals surface area contributed by atoms with E-state index in [0.717, 1.165) is 16.2 Å². The summed E-state index contributed by atoms with van der Waals surface area (Å²) in [6.45, 7) is 2.06. The molecule has 1 amide bonds. The van der Waals surface area contributed by atoms with E-state index in [9.17, 15) is 4.79 Å². The number of nitrogens with one attached hydrogen (secondary N) is 1. The quantitative estimate of drug-likeness (QED) is 0.491. The lowest BCUT2D eigenvalue weighted by Crippen LogP contribution is -2.12. The van der Waals surface area contributed by atoms with Gasteiger partial charge in [0.05, 0.1) is 16.3 Å². The van der Waals surface area contributed by atoms with Crippen LogP contribution in [0.4, 0.5) is 5.13 Å². The fourth-order valence-electron chi connectivity index (χ4n) is 2.25. The molecule has 0 aliphatic rings. The van der Waals surface area contributed by atoms with E-state index in [1.54, 1.807) is 30.0 Å². The number of amides is 1. The van der Waals surface area contributed by atoms with Crippen LogP contribution in [0, 0.1) is 0 Å². The second-order valence-corrected chi connectivity index (χ2v) is 8.05. The zero-order chi connectivity index (χ0) is 17.8. The Hall–Kier alpha value is -1.53. The number of carbonyl (C=O) groups excluding carboxylic acids is 1. The number of benzene rings is 2. The molecule has 1 N–H and O–H groups in total. The Balaban J connectivity index is 1.82. The molecule has 3 rings (SSSR count). The fraction of sp³-hybridized carbons (Fsp3) is 0.111. The van der Waals surface area contributed by atoms with E-state index in [-0.39, 0.29) is 5.91 Å². The summed E-state index contributed by atoms with van der Waals surface area (Å²) >= 11 is 15.2. The molecule has 0 saturated carbocycles. The number of hydrogen-bond acceptors (Lipinski definition) is 4. The number of carbonyl (C=O) groups is 1. The maximum Gasteiger partial charge on any atom is 0.258 e. The molecule has 0 atom stereocenters. The summed E-state index contributed by atoms with van der Waals surface area (Å²) in [7, 11) is 0. The molecule has 1 heterocycles. The molecule has 1 aromatic heterocycles. The Morgan fingerprint density at radius 1 is 1.24 bits per heavy atom. The smallest absolute Gasteiger partial charge is 0.258 e. The Morgan fingerprint density at radius 3 is 2.84 bits per heavy atom. The monoisotopic (exact) mass is 408 g/mol. The first-order valence-corrected chi connectivity index (χ1v) is 10.1. The van der Waals surface area contributed by atoms with Crippen molar-refractivity contribution in [2.24, 2.45) is 0 Å². The summed E-state index contributed by atoms with van der Waals surface area (Å²) in [4.78, 5) is 18.0. The van der Waals surface area contributed by atoms with E-state index in [2.05, 4.69) is 17.2 Å². The molecule has 25 heavy (non-hydrogen) atoms. The second-order valence-electron chi connectivity index (χ2n) is 5.05. The lowest BCUT2D eigenvalue weighted by atomic mass is 10.2. The zero-order valence-corrected chi connectivity index (χ0v) is 16.4. The molecular formula is C18H14Cl2N2OS2. The molecule has 0 aliphatic heterocycles. The third-order valence-corrected chi connectivity index (χ3v) is 5.64. The van der Waals surface area contributed by atoms with Crippen molar-refractivity contribution in [3.63, 3.8) is 0 Å². The molecule has 7 heteroatoms. The Kier molecular flexibility index (Phi) is 6.02.